The van der Waals surface area contributed by atoms with Gasteiger partial charge < -0.3 is 14.8 Å². The van der Waals surface area contributed by atoms with E-state index in [-0.39, 0.29) is 24.6 Å². The number of non-ortho nitro benzene ring substituents is 1. The van der Waals surface area contributed by atoms with Crippen LogP contribution in [0.15, 0.2) is 84.6 Å². The van der Waals surface area contributed by atoms with Gasteiger partial charge in [-0.25, -0.2) is 9.59 Å². The van der Waals surface area contributed by atoms with Crippen molar-refractivity contribution < 1.29 is 24.0 Å². The Hall–Kier alpha value is -4.46. The minimum atomic E-state index is -1.01. The molecule has 3 aromatic rings. The van der Waals surface area contributed by atoms with Gasteiger partial charge in [0.2, 0.25) is 0 Å². The van der Waals surface area contributed by atoms with E-state index in [1.54, 1.807) is 12.1 Å². The van der Waals surface area contributed by atoms with Gasteiger partial charge in [-0.3, -0.25) is 10.1 Å². The molecule has 8 heteroatoms. The van der Waals surface area contributed by atoms with Gasteiger partial charge in [0.25, 0.3) is 5.69 Å². The standard InChI is InChI=1S/C28H24N2O6/c31-27(36-20-6-5-7-20)26(16-18-12-14-19(15-13-18)30(33)34)29-28(32)35-17-25-23-10-3-1-8-21(23)22-9-2-4-11-24(22)25/h1-4,6,8-15,25-26H,5,7,16-17H2,(H,29,32)/t26-/m0/s1. The van der Waals surface area contributed by atoms with Crippen LogP contribution in [0.3, 0.4) is 0 Å². The van der Waals surface area contributed by atoms with E-state index in [2.05, 4.69) is 17.4 Å². The third-order valence-corrected chi connectivity index (χ3v) is 6.50. The number of esters is 1. The predicted molar refractivity (Wildman–Crippen MR) is 132 cm³/mol. The molecule has 5 rings (SSSR count). The van der Waals surface area contributed by atoms with Crippen molar-refractivity contribution in [1.29, 1.82) is 0 Å². The van der Waals surface area contributed by atoms with E-state index in [1.165, 1.54) is 12.1 Å². The molecule has 182 valence electrons. The number of carbonyl (C=O) groups excluding carboxylic acids is 2. The molecule has 2 aliphatic carbocycles. The Labute approximate surface area is 207 Å². The largest absolute Gasteiger partial charge is 0.449 e. The first-order valence-electron chi connectivity index (χ1n) is 11.7. The number of carbonyl (C=O) groups is 2. The highest BCUT2D eigenvalue weighted by Crippen LogP contribution is 2.44. The highest BCUT2D eigenvalue weighted by atomic mass is 16.6. The Morgan fingerprint density at radius 3 is 2.14 bits per heavy atom. The van der Waals surface area contributed by atoms with Crippen LogP contribution >= 0.6 is 0 Å². The van der Waals surface area contributed by atoms with Gasteiger partial charge in [-0.05, 0) is 40.3 Å². The molecule has 0 heterocycles. The molecule has 0 bridgehead atoms. The van der Waals surface area contributed by atoms with E-state index in [0.29, 0.717) is 17.7 Å². The maximum atomic E-state index is 12.8. The Morgan fingerprint density at radius 1 is 0.972 bits per heavy atom. The minimum absolute atomic E-state index is 0.0537. The van der Waals surface area contributed by atoms with Gasteiger partial charge in [0, 0.05) is 30.9 Å². The molecule has 0 aromatic heterocycles. The van der Waals surface area contributed by atoms with Gasteiger partial charge in [0.15, 0.2) is 0 Å². The summed E-state index contributed by atoms with van der Waals surface area (Å²) in [5, 5.41) is 13.6. The SMILES string of the molecule is O=C(N[C@@H](Cc1ccc([N+](=O)[O-])cc1)C(=O)OC1=CCC1)OCC1c2ccccc2-c2ccccc21. The van der Waals surface area contributed by atoms with Gasteiger partial charge >= 0.3 is 12.1 Å². The number of rotatable bonds is 8. The summed E-state index contributed by atoms with van der Waals surface area (Å²) >= 11 is 0. The summed E-state index contributed by atoms with van der Waals surface area (Å²) < 4.78 is 11.0. The second kappa shape index (κ2) is 10.0. The first-order valence-corrected chi connectivity index (χ1v) is 11.7. The Bertz CT molecular complexity index is 1300. The molecule has 0 aliphatic heterocycles. The van der Waals surface area contributed by atoms with Crippen LogP contribution in [0.1, 0.15) is 35.4 Å². The third kappa shape index (κ3) is 4.84. The minimum Gasteiger partial charge on any atom is -0.449 e. The molecule has 3 aromatic carbocycles. The maximum absolute atomic E-state index is 12.8. The summed E-state index contributed by atoms with van der Waals surface area (Å²) in [6, 6.07) is 20.9. The van der Waals surface area contributed by atoms with Crippen molar-refractivity contribution in [3.8, 4) is 11.1 Å². The summed E-state index contributed by atoms with van der Waals surface area (Å²) in [6.07, 6.45) is 2.70. The highest BCUT2D eigenvalue weighted by molar-refractivity contribution is 5.83. The number of nitrogens with zero attached hydrogens (tertiary/aromatic N) is 1. The molecule has 1 atom stereocenters. The summed E-state index contributed by atoms with van der Waals surface area (Å²) in [5.41, 5.74) is 5.01. The maximum Gasteiger partial charge on any atom is 0.407 e. The van der Waals surface area contributed by atoms with Crippen molar-refractivity contribution in [1.82, 2.24) is 5.32 Å². The molecule has 0 unspecified atom stereocenters. The smallest absolute Gasteiger partial charge is 0.407 e. The second-order valence-electron chi connectivity index (χ2n) is 8.78. The van der Waals surface area contributed by atoms with E-state index in [1.807, 2.05) is 42.5 Å². The summed E-state index contributed by atoms with van der Waals surface area (Å²) in [6.45, 7) is 0.115. The lowest BCUT2D eigenvalue weighted by molar-refractivity contribution is -0.384. The zero-order valence-corrected chi connectivity index (χ0v) is 19.4. The quantitative estimate of drug-likeness (QED) is 0.265. The average molecular weight is 485 g/mol. The van der Waals surface area contributed by atoms with Crippen molar-refractivity contribution in [2.45, 2.75) is 31.2 Å². The van der Waals surface area contributed by atoms with Crippen molar-refractivity contribution in [2.24, 2.45) is 0 Å². The lowest BCUT2D eigenvalue weighted by Gasteiger charge is -2.21. The van der Waals surface area contributed by atoms with Crippen LogP contribution in [0.5, 0.6) is 0 Å². The molecule has 0 saturated carbocycles. The van der Waals surface area contributed by atoms with Gasteiger partial charge in [-0.1, -0.05) is 60.7 Å². The number of benzene rings is 3. The van der Waals surface area contributed by atoms with Crippen molar-refractivity contribution >= 4 is 17.7 Å². The van der Waals surface area contributed by atoms with E-state index in [4.69, 9.17) is 9.47 Å². The molecule has 2 aliphatic rings. The average Bonchev–Trinajstić information content (AvgIpc) is 3.18. The molecule has 36 heavy (non-hydrogen) atoms. The first-order chi connectivity index (χ1) is 17.5. The van der Waals surface area contributed by atoms with Gasteiger partial charge in [0.05, 0.1) is 4.92 Å². The van der Waals surface area contributed by atoms with Crippen LogP contribution in [-0.2, 0) is 20.7 Å². The second-order valence-corrected chi connectivity index (χ2v) is 8.78. The number of ether oxygens (including phenoxy) is 2. The Morgan fingerprint density at radius 2 is 1.58 bits per heavy atom. The fourth-order valence-electron chi connectivity index (χ4n) is 4.52. The van der Waals surface area contributed by atoms with Crippen molar-refractivity contribution in [3.05, 3.63) is 111 Å². The van der Waals surface area contributed by atoms with Crippen LogP contribution < -0.4 is 5.32 Å². The van der Waals surface area contributed by atoms with Crippen LogP contribution in [0.4, 0.5) is 10.5 Å². The number of nitro benzene ring substituents is 1. The number of hydrogen-bond acceptors (Lipinski definition) is 6. The number of amides is 1. The number of hydrogen-bond donors (Lipinski definition) is 1. The molecule has 0 saturated heterocycles. The van der Waals surface area contributed by atoms with Crippen LogP contribution in [0.25, 0.3) is 11.1 Å². The third-order valence-electron chi connectivity index (χ3n) is 6.50. The van der Waals surface area contributed by atoms with E-state index in [0.717, 1.165) is 28.7 Å². The first kappa shape index (κ1) is 23.3. The zero-order valence-electron chi connectivity index (χ0n) is 19.4. The lowest BCUT2D eigenvalue weighted by Crippen LogP contribution is -2.44. The van der Waals surface area contributed by atoms with E-state index < -0.39 is 23.0 Å². The van der Waals surface area contributed by atoms with Crippen LogP contribution in [-0.4, -0.2) is 29.6 Å². The highest BCUT2D eigenvalue weighted by Gasteiger charge is 2.30. The molecule has 0 radical (unpaired) electrons. The van der Waals surface area contributed by atoms with Gasteiger partial charge in [0.1, 0.15) is 18.4 Å². The molecule has 1 N–H and O–H groups in total. The number of nitro groups is 1. The van der Waals surface area contributed by atoms with Gasteiger partial charge in [-0.2, -0.15) is 0 Å². The van der Waals surface area contributed by atoms with Crippen molar-refractivity contribution in [2.75, 3.05) is 6.61 Å². The molecule has 0 spiro atoms. The van der Waals surface area contributed by atoms with Gasteiger partial charge in [-0.15, -0.1) is 0 Å². The topological polar surface area (TPSA) is 108 Å². The monoisotopic (exact) mass is 484 g/mol. The Kier molecular flexibility index (Phi) is 6.49. The van der Waals surface area contributed by atoms with Crippen molar-refractivity contribution in [3.63, 3.8) is 0 Å². The summed E-state index contributed by atoms with van der Waals surface area (Å²) in [7, 11) is 0. The molecule has 0 fully saturated rings. The Balaban J connectivity index is 1.28. The summed E-state index contributed by atoms with van der Waals surface area (Å²) in [4.78, 5) is 36.0. The lowest BCUT2D eigenvalue weighted by atomic mass is 9.98. The molecular weight excluding hydrogens is 460 g/mol. The molecule has 8 nitrogen and oxygen atoms in total. The summed E-state index contributed by atoms with van der Waals surface area (Å²) in [5.74, 6) is -0.140. The molecule has 1 amide bonds. The fraction of sp³-hybridized carbons (Fsp3) is 0.214. The van der Waals surface area contributed by atoms with E-state index >= 15 is 0 Å². The fourth-order valence-corrected chi connectivity index (χ4v) is 4.52. The van der Waals surface area contributed by atoms with Crippen LogP contribution in [0, 0.1) is 10.1 Å². The molecular formula is C28H24N2O6. The predicted octanol–water partition coefficient (Wildman–Crippen LogP) is 5.27. The zero-order chi connectivity index (χ0) is 25.1. The number of fused-ring (bicyclic) bond motifs is 3. The normalized spacial score (nSPS) is 14.5. The number of allylic oxidation sites excluding steroid dienone is 2. The van der Waals surface area contributed by atoms with Crippen LogP contribution in [0.2, 0.25) is 0 Å². The van der Waals surface area contributed by atoms with E-state index in [9.17, 15) is 19.7 Å². The number of nitrogens with one attached hydrogen (secondary N) is 1. The number of alkyl carbamates (subject to hydrolysis) is 1.